The van der Waals surface area contributed by atoms with E-state index in [4.69, 9.17) is 0 Å². The maximum absolute atomic E-state index is 12.3. The number of likely N-dealkylation sites (N-methyl/N-ethyl adjacent to an activating group) is 1. The van der Waals surface area contributed by atoms with Crippen molar-refractivity contribution in [3.05, 3.63) is 34.3 Å². The molecular weight excluding hydrogens is 328 g/mol. The van der Waals surface area contributed by atoms with Gasteiger partial charge in [0, 0.05) is 18.1 Å². The van der Waals surface area contributed by atoms with Crippen LogP contribution in [-0.4, -0.2) is 30.4 Å². The molecule has 1 aliphatic rings. The van der Waals surface area contributed by atoms with Crippen LogP contribution in [0.4, 0.5) is 0 Å². The van der Waals surface area contributed by atoms with E-state index in [2.05, 4.69) is 21.2 Å². The van der Waals surface area contributed by atoms with Crippen LogP contribution in [0.15, 0.2) is 28.7 Å². The molecule has 19 heavy (non-hydrogen) atoms. The lowest BCUT2D eigenvalue weighted by Crippen LogP contribution is -2.47. The topological polar surface area (TPSA) is 32.3 Å². The normalized spacial score (nSPS) is 18.5. The predicted octanol–water partition coefficient (Wildman–Crippen LogP) is 2.97. The average molecular weight is 348 g/mol. The fraction of sp³-hybridized carbons (Fsp3) is 0.500. The zero-order valence-electron chi connectivity index (χ0n) is 11.1. The Morgan fingerprint density at radius 3 is 2.79 bits per heavy atom. The summed E-state index contributed by atoms with van der Waals surface area (Å²) in [5.41, 5.74) is 1.14. The van der Waals surface area contributed by atoms with Gasteiger partial charge in [-0.05, 0) is 31.0 Å². The number of carbonyl (C=O) groups is 1. The number of amides is 1. The monoisotopic (exact) mass is 346 g/mol. The summed E-state index contributed by atoms with van der Waals surface area (Å²) in [5.74, 6) is 0.199. The molecule has 106 valence electrons. The molecule has 1 amide bonds. The quantitative estimate of drug-likeness (QED) is 0.911. The summed E-state index contributed by atoms with van der Waals surface area (Å²) in [6.45, 7) is 1.61. The number of hydrogen-bond acceptors (Lipinski definition) is 2. The van der Waals surface area contributed by atoms with E-state index in [0.717, 1.165) is 29.4 Å². The molecule has 1 fully saturated rings. The molecule has 1 aromatic rings. The smallest absolute Gasteiger partial charge is 0.239 e. The van der Waals surface area contributed by atoms with E-state index >= 15 is 0 Å². The predicted molar refractivity (Wildman–Crippen MR) is 83.5 cm³/mol. The highest BCUT2D eigenvalue weighted by Gasteiger charge is 2.23. The Morgan fingerprint density at radius 1 is 1.42 bits per heavy atom. The molecule has 0 aliphatic carbocycles. The van der Waals surface area contributed by atoms with Crippen molar-refractivity contribution < 1.29 is 4.79 Å². The molecule has 5 heteroatoms. The minimum Gasteiger partial charge on any atom is -0.340 e. The molecule has 3 nitrogen and oxygen atoms in total. The number of benzene rings is 1. The van der Waals surface area contributed by atoms with Crippen molar-refractivity contribution in [2.75, 3.05) is 13.6 Å². The number of halogens is 2. The Morgan fingerprint density at radius 2 is 2.16 bits per heavy atom. The molecule has 1 N–H and O–H groups in total. The van der Waals surface area contributed by atoms with Gasteiger partial charge in [0.25, 0.3) is 0 Å². The molecule has 0 bridgehead atoms. The fourth-order valence-corrected chi connectivity index (χ4v) is 2.70. The van der Waals surface area contributed by atoms with E-state index < -0.39 is 0 Å². The molecule has 1 saturated heterocycles. The van der Waals surface area contributed by atoms with Gasteiger partial charge in [0.1, 0.15) is 0 Å². The van der Waals surface area contributed by atoms with Crippen LogP contribution in [0.5, 0.6) is 0 Å². The van der Waals surface area contributed by atoms with Gasteiger partial charge in [-0.15, -0.1) is 12.4 Å². The molecule has 1 atom stereocenters. The molecule has 0 radical (unpaired) electrons. The van der Waals surface area contributed by atoms with Gasteiger partial charge in [-0.1, -0.05) is 40.5 Å². The van der Waals surface area contributed by atoms with Crippen LogP contribution in [0, 0.1) is 0 Å². The molecule has 0 saturated carbocycles. The molecule has 1 heterocycles. The standard InChI is InChI=1S/C14H19BrN2O.ClH/c1-17(10-11-6-2-3-7-12(11)15)14(18)13-8-4-5-9-16-13;/h2-3,6-7,13,16H,4-5,8-10H2,1H3;1H. The highest BCUT2D eigenvalue weighted by Crippen LogP contribution is 2.18. The summed E-state index contributed by atoms with van der Waals surface area (Å²) in [5, 5.41) is 3.30. The van der Waals surface area contributed by atoms with E-state index in [0.29, 0.717) is 6.54 Å². The van der Waals surface area contributed by atoms with Gasteiger partial charge in [-0.25, -0.2) is 0 Å². The third kappa shape index (κ3) is 4.48. The number of carbonyl (C=O) groups excluding carboxylic acids is 1. The lowest BCUT2D eigenvalue weighted by molar-refractivity contribution is -0.133. The minimum atomic E-state index is 0. The Kier molecular flexibility index (Phi) is 6.83. The third-order valence-corrected chi connectivity index (χ3v) is 4.12. The number of nitrogens with zero attached hydrogens (tertiary/aromatic N) is 1. The van der Waals surface area contributed by atoms with Gasteiger partial charge in [-0.3, -0.25) is 4.79 Å². The van der Waals surface area contributed by atoms with Gasteiger partial charge in [0.15, 0.2) is 0 Å². The average Bonchev–Trinajstić information content (AvgIpc) is 2.41. The van der Waals surface area contributed by atoms with Crippen LogP contribution in [0.25, 0.3) is 0 Å². The van der Waals surface area contributed by atoms with E-state index in [1.807, 2.05) is 36.2 Å². The van der Waals surface area contributed by atoms with Crippen molar-refractivity contribution in [1.82, 2.24) is 10.2 Å². The summed E-state index contributed by atoms with van der Waals surface area (Å²) in [7, 11) is 1.87. The van der Waals surface area contributed by atoms with E-state index in [-0.39, 0.29) is 24.4 Å². The van der Waals surface area contributed by atoms with Crippen molar-refractivity contribution in [3.63, 3.8) is 0 Å². The second kappa shape index (κ2) is 7.88. The molecule has 1 unspecified atom stereocenters. The lowest BCUT2D eigenvalue weighted by atomic mass is 10.0. The summed E-state index contributed by atoms with van der Waals surface area (Å²) in [6.07, 6.45) is 3.28. The Hall–Kier alpha value is -0.580. The van der Waals surface area contributed by atoms with Crippen LogP contribution in [0.3, 0.4) is 0 Å². The Balaban J connectivity index is 0.00000180. The second-order valence-electron chi connectivity index (χ2n) is 4.79. The fourth-order valence-electron chi connectivity index (χ4n) is 2.29. The second-order valence-corrected chi connectivity index (χ2v) is 5.64. The van der Waals surface area contributed by atoms with Gasteiger partial charge in [0.2, 0.25) is 5.91 Å². The maximum atomic E-state index is 12.3. The van der Waals surface area contributed by atoms with Crippen molar-refractivity contribution in [2.45, 2.75) is 31.8 Å². The van der Waals surface area contributed by atoms with E-state index in [1.54, 1.807) is 0 Å². The van der Waals surface area contributed by atoms with Gasteiger partial charge in [0.05, 0.1) is 6.04 Å². The summed E-state index contributed by atoms with van der Waals surface area (Å²) in [4.78, 5) is 14.1. The first kappa shape index (κ1) is 16.5. The van der Waals surface area contributed by atoms with Crippen molar-refractivity contribution in [3.8, 4) is 0 Å². The third-order valence-electron chi connectivity index (χ3n) is 3.35. The Bertz CT molecular complexity index is 422. The Labute approximate surface area is 129 Å². The maximum Gasteiger partial charge on any atom is 0.239 e. The number of hydrogen-bond donors (Lipinski definition) is 1. The first-order valence-electron chi connectivity index (χ1n) is 6.40. The summed E-state index contributed by atoms with van der Waals surface area (Å²) >= 11 is 3.52. The molecular formula is C14H20BrClN2O. The first-order chi connectivity index (χ1) is 8.68. The lowest BCUT2D eigenvalue weighted by Gasteiger charge is -2.27. The number of piperidine rings is 1. The van der Waals surface area contributed by atoms with Gasteiger partial charge in [-0.2, -0.15) is 0 Å². The van der Waals surface area contributed by atoms with Crippen LogP contribution in [-0.2, 0) is 11.3 Å². The highest BCUT2D eigenvalue weighted by atomic mass is 79.9. The van der Waals surface area contributed by atoms with Crippen molar-refractivity contribution >= 4 is 34.2 Å². The number of rotatable bonds is 3. The summed E-state index contributed by atoms with van der Waals surface area (Å²) < 4.78 is 1.06. The summed E-state index contributed by atoms with van der Waals surface area (Å²) in [6, 6.07) is 8.04. The molecule has 0 spiro atoms. The highest BCUT2D eigenvalue weighted by molar-refractivity contribution is 9.10. The molecule has 1 aromatic carbocycles. The van der Waals surface area contributed by atoms with Crippen molar-refractivity contribution in [2.24, 2.45) is 0 Å². The van der Waals surface area contributed by atoms with Crippen molar-refractivity contribution in [1.29, 1.82) is 0 Å². The zero-order valence-corrected chi connectivity index (χ0v) is 13.5. The van der Waals surface area contributed by atoms with E-state index in [9.17, 15) is 4.79 Å². The number of nitrogens with one attached hydrogen (secondary N) is 1. The van der Waals surface area contributed by atoms with Gasteiger partial charge >= 0.3 is 0 Å². The van der Waals surface area contributed by atoms with Crippen LogP contribution in [0.2, 0.25) is 0 Å². The first-order valence-corrected chi connectivity index (χ1v) is 7.19. The zero-order chi connectivity index (χ0) is 13.0. The van der Waals surface area contributed by atoms with E-state index in [1.165, 1.54) is 6.42 Å². The molecule has 2 rings (SSSR count). The minimum absolute atomic E-state index is 0. The van der Waals surface area contributed by atoms with Crippen LogP contribution < -0.4 is 5.32 Å². The molecule has 0 aromatic heterocycles. The van der Waals surface area contributed by atoms with Crippen LogP contribution in [0.1, 0.15) is 24.8 Å². The largest absolute Gasteiger partial charge is 0.340 e. The van der Waals surface area contributed by atoms with Crippen LogP contribution >= 0.6 is 28.3 Å². The SMILES string of the molecule is CN(Cc1ccccc1Br)C(=O)C1CCCCN1.Cl. The van der Waals surface area contributed by atoms with Gasteiger partial charge < -0.3 is 10.2 Å². The molecule has 1 aliphatic heterocycles.